The van der Waals surface area contributed by atoms with Gasteiger partial charge in [0, 0.05) is 18.8 Å². The number of hydrogen-bond donors (Lipinski definition) is 4. The molecule has 3 aromatic rings. The second kappa shape index (κ2) is 5.56. The van der Waals surface area contributed by atoms with Crippen molar-refractivity contribution in [2.75, 3.05) is 29.1 Å². The van der Waals surface area contributed by atoms with E-state index in [0.29, 0.717) is 23.5 Å². The standard InChI is InChI=1S/C13H15N9/c1-16-12-18-9(14)7-10(19-12)22-11(15)20-13(21-22)17-8-5-3-2-4-6-8/h2-7H,1H3,(H3,14,16,18,19)(H3,15,17,20,21). The molecule has 0 bridgehead atoms. The molecule has 3 rings (SSSR count). The van der Waals surface area contributed by atoms with Gasteiger partial charge in [0.25, 0.3) is 0 Å². The third-order valence-corrected chi connectivity index (χ3v) is 2.84. The second-order valence-electron chi connectivity index (χ2n) is 4.42. The van der Waals surface area contributed by atoms with Crippen molar-refractivity contribution in [2.24, 2.45) is 0 Å². The van der Waals surface area contributed by atoms with Gasteiger partial charge >= 0.3 is 0 Å². The van der Waals surface area contributed by atoms with Gasteiger partial charge in [-0.2, -0.15) is 19.6 Å². The molecule has 1 aromatic carbocycles. The molecule has 0 aliphatic carbocycles. The van der Waals surface area contributed by atoms with Crippen molar-refractivity contribution in [2.45, 2.75) is 0 Å². The van der Waals surface area contributed by atoms with Crippen molar-refractivity contribution in [1.82, 2.24) is 24.7 Å². The number of nitrogens with one attached hydrogen (secondary N) is 2. The summed E-state index contributed by atoms with van der Waals surface area (Å²) in [5.74, 6) is 1.68. The zero-order valence-electron chi connectivity index (χ0n) is 11.9. The third kappa shape index (κ3) is 2.73. The van der Waals surface area contributed by atoms with E-state index >= 15 is 0 Å². The van der Waals surface area contributed by atoms with Crippen LogP contribution in [0.3, 0.4) is 0 Å². The third-order valence-electron chi connectivity index (χ3n) is 2.84. The van der Waals surface area contributed by atoms with E-state index in [-0.39, 0.29) is 5.95 Å². The van der Waals surface area contributed by atoms with Crippen molar-refractivity contribution in [3.8, 4) is 5.82 Å². The SMILES string of the molecule is CNc1nc(N)cc(-n2nc(Nc3ccccc3)nc2N)n1. The molecular formula is C13H15N9. The predicted octanol–water partition coefficient (Wildman–Crippen LogP) is 1.01. The maximum Gasteiger partial charge on any atom is 0.248 e. The van der Waals surface area contributed by atoms with Crippen LogP contribution in [0, 0.1) is 0 Å². The van der Waals surface area contributed by atoms with Crippen molar-refractivity contribution in [1.29, 1.82) is 0 Å². The Morgan fingerprint density at radius 2 is 1.77 bits per heavy atom. The van der Waals surface area contributed by atoms with Gasteiger partial charge in [-0.3, -0.25) is 0 Å². The number of rotatable bonds is 4. The van der Waals surface area contributed by atoms with Crippen LogP contribution in [-0.4, -0.2) is 31.8 Å². The molecule has 0 aliphatic rings. The predicted molar refractivity (Wildman–Crippen MR) is 85.0 cm³/mol. The lowest BCUT2D eigenvalue weighted by Gasteiger charge is -2.05. The number of benzene rings is 1. The van der Waals surface area contributed by atoms with Crippen LogP contribution in [0.4, 0.5) is 29.4 Å². The van der Waals surface area contributed by atoms with E-state index in [4.69, 9.17) is 11.5 Å². The molecule has 0 saturated heterocycles. The molecule has 22 heavy (non-hydrogen) atoms. The number of nitrogens with two attached hydrogens (primary N) is 2. The number of aromatic nitrogens is 5. The van der Waals surface area contributed by atoms with E-state index in [0.717, 1.165) is 5.69 Å². The normalized spacial score (nSPS) is 10.4. The Kier molecular flexibility index (Phi) is 3.44. The van der Waals surface area contributed by atoms with Gasteiger partial charge < -0.3 is 22.1 Å². The first kappa shape index (κ1) is 13.6. The number of anilines is 5. The minimum Gasteiger partial charge on any atom is -0.383 e. The van der Waals surface area contributed by atoms with Gasteiger partial charge in [-0.25, -0.2) is 0 Å². The van der Waals surface area contributed by atoms with E-state index in [1.807, 2.05) is 30.3 Å². The summed E-state index contributed by atoms with van der Waals surface area (Å²) in [6.07, 6.45) is 0. The molecule has 0 radical (unpaired) electrons. The van der Waals surface area contributed by atoms with E-state index < -0.39 is 0 Å². The topological polar surface area (TPSA) is 133 Å². The van der Waals surface area contributed by atoms with Gasteiger partial charge in [-0.15, -0.1) is 5.10 Å². The quantitative estimate of drug-likeness (QED) is 0.560. The van der Waals surface area contributed by atoms with E-state index in [1.54, 1.807) is 13.1 Å². The summed E-state index contributed by atoms with van der Waals surface area (Å²) in [7, 11) is 1.70. The lowest BCUT2D eigenvalue weighted by atomic mass is 10.3. The fourth-order valence-corrected chi connectivity index (χ4v) is 1.87. The number of hydrogen-bond acceptors (Lipinski definition) is 8. The molecule has 0 saturated carbocycles. The van der Waals surface area contributed by atoms with E-state index in [9.17, 15) is 0 Å². The van der Waals surface area contributed by atoms with Crippen molar-refractivity contribution < 1.29 is 0 Å². The molecule has 9 nitrogen and oxygen atoms in total. The molecule has 0 spiro atoms. The lowest BCUT2D eigenvalue weighted by molar-refractivity contribution is 0.854. The fraction of sp³-hybridized carbons (Fsp3) is 0.0769. The van der Waals surface area contributed by atoms with Crippen molar-refractivity contribution in [3.63, 3.8) is 0 Å². The van der Waals surface area contributed by atoms with Crippen LogP contribution in [0.5, 0.6) is 0 Å². The Morgan fingerprint density at radius 3 is 2.50 bits per heavy atom. The molecule has 112 valence electrons. The summed E-state index contributed by atoms with van der Waals surface area (Å²) in [6.45, 7) is 0. The van der Waals surface area contributed by atoms with E-state index in [1.165, 1.54) is 4.68 Å². The highest BCUT2D eigenvalue weighted by atomic mass is 15.4. The summed E-state index contributed by atoms with van der Waals surface area (Å²) in [5, 5.41) is 10.2. The van der Waals surface area contributed by atoms with Gasteiger partial charge in [0.2, 0.25) is 17.8 Å². The first-order valence-electron chi connectivity index (χ1n) is 6.53. The van der Waals surface area contributed by atoms with Gasteiger partial charge in [0.05, 0.1) is 0 Å². The number of nitrogen functional groups attached to an aromatic ring is 2. The minimum atomic E-state index is 0.193. The summed E-state index contributed by atoms with van der Waals surface area (Å²) in [5.41, 5.74) is 12.5. The molecule has 0 unspecified atom stereocenters. The van der Waals surface area contributed by atoms with Crippen molar-refractivity contribution >= 4 is 29.4 Å². The van der Waals surface area contributed by atoms with Crippen molar-refractivity contribution in [3.05, 3.63) is 36.4 Å². The fourth-order valence-electron chi connectivity index (χ4n) is 1.87. The molecule has 2 heterocycles. The molecule has 6 N–H and O–H groups in total. The van der Waals surface area contributed by atoms with Gasteiger partial charge in [-0.05, 0) is 12.1 Å². The monoisotopic (exact) mass is 297 g/mol. The molecule has 0 atom stereocenters. The van der Waals surface area contributed by atoms with Crippen LogP contribution in [0.2, 0.25) is 0 Å². The van der Waals surface area contributed by atoms with E-state index in [2.05, 4.69) is 30.7 Å². The Labute approximate surface area is 126 Å². The Balaban J connectivity index is 1.94. The first-order valence-corrected chi connectivity index (χ1v) is 6.53. The average Bonchev–Trinajstić information content (AvgIpc) is 2.88. The van der Waals surface area contributed by atoms with Gasteiger partial charge in [0.15, 0.2) is 5.82 Å². The second-order valence-corrected chi connectivity index (χ2v) is 4.42. The smallest absolute Gasteiger partial charge is 0.248 e. The Hall–Kier alpha value is -3.36. The first-order chi connectivity index (χ1) is 10.7. The molecule has 0 fully saturated rings. The largest absolute Gasteiger partial charge is 0.383 e. The highest BCUT2D eigenvalue weighted by Crippen LogP contribution is 2.18. The summed E-state index contributed by atoms with van der Waals surface area (Å²) < 4.78 is 1.39. The highest BCUT2D eigenvalue weighted by molar-refractivity contribution is 5.54. The van der Waals surface area contributed by atoms with Crippen LogP contribution in [0.1, 0.15) is 0 Å². The van der Waals surface area contributed by atoms with Crippen LogP contribution in [-0.2, 0) is 0 Å². The van der Waals surface area contributed by atoms with Gasteiger partial charge in [-0.1, -0.05) is 18.2 Å². The summed E-state index contributed by atoms with van der Waals surface area (Å²) in [4.78, 5) is 12.4. The maximum absolute atomic E-state index is 5.90. The molecule has 0 aliphatic heterocycles. The molecule has 2 aromatic heterocycles. The highest BCUT2D eigenvalue weighted by Gasteiger charge is 2.12. The number of nitrogens with zero attached hydrogens (tertiary/aromatic N) is 5. The molecule has 9 heteroatoms. The minimum absolute atomic E-state index is 0.193. The van der Waals surface area contributed by atoms with Crippen LogP contribution in [0.15, 0.2) is 36.4 Å². The Bertz CT molecular complexity index is 781. The summed E-state index contributed by atoms with van der Waals surface area (Å²) in [6, 6.07) is 11.1. The zero-order chi connectivity index (χ0) is 15.5. The maximum atomic E-state index is 5.90. The van der Waals surface area contributed by atoms with Gasteiger partial charge in [0.1, 0.15) is 5.82 Å². The molecular weight excluding hydrogens is 282 g/mol. The van der Waals surface area contributed by atoms with Crippen LogP contribution in [0.25, 0.3) is 5.82 Å². The zero-order valence-corrected chi connectivity index (χ0v) is 11.9. The number of para-hydroxylation sites is 1. The van der Waals surface area contributed by atoms with Crippen LogP contribution < -0.4 is 22.1 Å². The average molecular weight is 297 g/mol. The lowest BCUT2D eigenvalue weighted by Crippen LogP contribution is -2.09. The van der Waals surface area contributed by atoms with Crippen LogP contribution >= 0.6 is 0 Å². The molecule has 0 amide bonds. The summed E-state index contributed by atoms with van der Waals surface area (Å²) >= 11 is 0. The Morgan fingerprint density at radius 1 is 1.00 bits per heavy atom.